The van der Waals surface area contributed by atoms with Crippen LogP contribution >= 0.6 is 23.6 Å². The molecule has 0 amide bonds. The van der Waals surface area contributed by atoms with Crippen molar-refractivity contribution >= 4 is 33.8 Å². The van der Waals surface area contributed by atoms with Crippen molar-refractivity contribution in [3.63, 3.8) is 0 Å². The van der Waals surface area contributed by atoms with Crippen molar-refractivity contribution in [2.75, 3.05) is 0 Å². The van der Waals surface area contributed by atoms with Crippen molar-refractivity contribution in [1.29, 1.82) is 0 Å². The second-order valence-corrected chi connectivity index (χ2v) is 4.65. The van der Waals surface area contributed by atoms with Gasteiger partial charge in [-0.1, -0.05) is 12.1 Å². The number of nitrogens with zero attached hydrogens (tertiary/aromatic N) is 1. The highest BCUT2D eigenvalue weighted by Gasteiger charge is 2.01. The number of para-hydroxylation sites is 1. The summed E-state index contributed by atoms with van der Waals surface area (Å²) >= 11 is 6.86. The van der Waals surface area contributed by atoms with Crippen molar-refractivity contribution in [1.82, 2.24) is 10.0 Å². The Morgan fingerprint density at radius 1 is 1.47 bits per heavy atom. The first-order valence-electron chi connectivity index (χ1n) is 4.46. The van der Waals surface area contributed by atoms with E-state index in [0.29, 0.717) is 6.54 Å². The monoisotopic (exact) mass is 238 g/mol. The smallest absolute Gasteiger partial charge is 0.162 e. The number of nitrogens with one attached hydrogen (secondary N) is 1. The van der Waals surface area contributed by atoms with E-state index in [1.54, 1.807) is 11.3 Å². The van der Waals surface area contributed by atoms with E-state index in [0.717, 1.165) is 9.47 Å². The van der Waals surface area contributed by atoms with E-state index >= 15 is 0 Å². The fraction of sp³-hybridized carbons (Fsp3) is 0.100. The highest BCUT2D eigenvalue weighted by atomic mass is 32.1. The Hall–Kier alpha value is -1.17. The van der Waals surface area contributed by atoms with Gasteiger partial charge in [-0.05, 0) is 30.4 Å². The predicted molar refractivity (Wildman–Crippen MR) is 64.7 cm³/mol. The van der Waals surface area contributed by atoms with Gasteiger partial charge in [-0.3, -0.25) is 10.7 Å². The molecule has 1 aromatic carbocycles. The SMILES string of the molecule is ON/C=C/Cn1c(=S)sc2ccccc21. The fourth-order valence-corrected chi connectivity index (χ4v) is 2.74. The van der Waals surface area contributed by atoms with Crippen molar-refractivity contribution < 1.29 is 5.21 Å². The molecule has 2 aromatic rings. The minimum absolute atomic E-state index is 0.663. The van der Waals surface area contributed by atoms with E-state index in [2.05, 4.69) is 6.07 Å². The van der Waals surface area contributed by atoms with Gasteiger partial charge in [-0.25, -0.2) is 0 Å². The zero-order chi connectivity index (χ0) is 10.7. The Balaban J connectivity index is 2.45. The lowest BCUT2D eigenvalue weighted by Crippen LogP contribution is -1.98. The number of thiazole rings is 1. The zero-order valence-electron chi connectivity index (χ0n) is 7.88. The van der Waals surface area contributed by atoms with E-state index in [1.807, 2.05) is 34.3 Å². The summed E-state index contributed by atoms with van der Waals surface area (Å²) in [4.78, 5) is 0. The van der Waals surface area contributed by atoms with Gasteiger partial charge in [-0.15, -0.1) is 11.3 Å². The maximum atomic E-state index is 8.41. The molecule has 78 valence electrons. The Labute approximate surface area is 96.2 Å². The van der Waals surface area contributed by atoms with Crippen molar-refractivity contribution in [2.45, 2.75) is 6.54 Å². The molecule has 2 rings (SSSR count). The standard InChI is InChI=1S/C10H10N2OS2/c13-11-6-3-7-12-8-4-1-2-5-9(8)15-10(12)14/h1-6,11,13H,7H2/b6-3+. The molecule has 0 unspecified atom stereocenters. The first kappa shape index (κ1) is 10.4. The van der Waals surface area contributed by atoms with E-state index < -0.39 is 0 Å². The molecule has 0 fully saturated rings. The molecular formula is C10H10N2OS2. The quantitative estimate of drug-likeness (QED) is 0.637. The Kier molecular flexibility index (Phi) is 3.15. The summed E-state index contributed by atoms with van der Waals surface area (Å²) in [5, 5.41) is 8.41. The highest BCUT2D eigenvalue weighted by molar-refractivity contribution is 7.73. The third kappa shape index (κ3) is 2.09. The molecule has 0 bridgehead atoms. The van der Waals surface area contributed by atoms with Crippen LogP contribution in [0, 0.1) is 3.95 Å². The molecule has 0 aliphatic rings. The van der Waals surface area contributed by atoms with Gasteiger partial charge >= 0.3 is 0 Å². The molecule has 0 aliphatic carbocycles. The van der Waals surface area contributed by atoms with Gasteiger partial charge in [0.2, 0.25) is 0 Å². The minimum Gasteiger partial charge on any atom is -0.319 e. The van der Waals surface area contributed by atoms with Crippen molar-refractivity contribution in [3.05, 3.63) is 40.5 Å². The van der Waals surface area contributed by atoms with Crippen LogP contribution in [0.15, 0.2) is 36.5 Å². The number of benzene rings is 1. The molecule has 0 aliphatic heterocycles. The van der Waals surface area contributed by atoms with Crippen LogP contribution in [0.4, 0.5) is 0 Å². The number of allylic oxidation sites excluding steroid dienone is 1. The van der Waals surface area contributed by atoms with Crippen LogP contribution in [0.3, 0.4) is 0 Å². The molecule has 0 saturated heterocycles. The fourth-order valence-electron chi connectivity index (χ4n) is 1.40. The third-order valence-electron chi connectivity index (χ3n) is 2.05. The summed E-state index contributed by atoms with van der Waals surface area (Å²) in [5.41, 5.74) is 3.11. The molecular weight excluding hydrogens is 228 g/mol. The lowest BCUT2D eigenvalue weighted by molar-refractivity contribution is 0.214. The highest BCUT2D eigenvalue weighted by Crippen LogP contribution is 2.22. The van der Waals surface area contributed by atoms with Gasteiger partial charge in [0.05, 0.1) is 10.2 Å². The summed E-state index contributed by atoms with van der Waals surface area (Å²) in [6.45, 7) is 0.663. The molecule has 2 N–H and O–H groups in total. The first-order chi connectivity index (χ1) is 7.33. The van der Waals surface area contributed by atoms with Gasteiger partial charge in [0, 0.05) is 12.7 Å². The predicted octanol–water partition coefficient (Wildman–Crippen LogP) is 2.92. The second-order valence-electron chi connectivity index (χ2n) is 2.98. The van der Waals surface area contributed by atoms with Crippen molar-refractivity contribution in [2.24, 2.45) is 0 Å². The molecule has 15 heavy (non-hydrogen) atoms. The Morgan fingerprint density at radius 3 is 3.07 bits per heavy atom. The molecule has 0 radical (unpaired) electrons. The van der Waals surface area contributed by atoms with Crippen LogP contribution in [0.1, 0.15) is 0 Å². The minimum atomic E-state index is 0.663. The molecule has 0 saturated carbocycles. The van der Waals surface area contributed by atoms with Crippen LogP contribution in [-0.2, 0) is 6.54 Å². The van der Waals surface area contributed by atoms with E-state index in [-0.39, 0.29) is 0 Å². The van der Waals surface area contributed by atoms with Gasteiger partial charge in [0.15, 0.2) is 3.95 Å². The van der Waals surface area contributed by atoms with E-state index in [9.17, 15) is 0 Å². The summed E-state index contributed by atoms with van der Waals surface area (Å²) < 4.78 is 4.06. The number of hydrogen-bond acceptors (Lipinski definition) is 4. The van der Waals surface area contributed by atoms with Crippen LogP contribution in [0.25, 0.3) is 10.2 Å². The van der Waals surface area contributed by atoms with Gasteiger partial charge in [0.25, 0.3) is 0 Å². The lowest BCUT2D eigenvalue weighted by Gasteiger charge is -1.99. The number of hydrogen-bond donors (Lipinski definition) is 2. The first-order valence-corrected chi connectivity index (χ1v) is 5.68. The molecule has 1 heterocycles. The Bertz CT molecular complexity index is 542. The van der Waals surface area contributed by atoms with Gasteiger partial charge in [-0.2, -0.15) is 0 Å². The van der Waals surface area contributed by atoms with Crippen LogP contribution < -0.4 is 5.48 Å². The number of fused-ring (bicyclic) bond motifs is 1. The topological polar surface area (TPSA) is 37.2 Å². The molecule has 5 heteroatoms. The lowest BCUT2D eigenvalue weighted by atomic mass is 10.3. The summed E-state index contributed by atoms with van der Waals surface area (Å²) in [5.74, 6) is 0. The average Bonchev–Trinajstić information content (AvgIpc) is 2.56. The number of aromatic nitrogens is 1. The largest absolute Gasteiger partial charge is 0.319 e. The molecule has 0 spiro atoms. The summed E-state index contributed by atoms with van der Waals surface area (Å²) in [6.07, 6.45) is 3.29. The van der Waals surface area contributed by atoms with Crippen LogP contribution in [-0.4, -0.2) is 9.77 Å². The Morgan fingerprint density at radius 2 is 2.27 bits per heavy atom. The summed E-state index contributed by atoms with van der Waals surface area (Å²) in [7, 11) is 0. The normalized spacial score (nSPS) is 11.3. The van der Waals surface area contributed by atoms with E-state index in [4.69, 9.17) is 17.4 Å². The maximum Gasteiger partial charge on any atom is 0.162 e. The van der Waals surface area contributed by atoms with Gasteiger partial charge < -0.3 is 4.57 Å². The third-order valence-corrected chi connectivity index (χ3v) is 3.48. The molecule has 3 nitrogen and oxygen atoms in total. The number of hydroxylamine groups is 1. The maximum absolute atomic E-state index is 8.41. The molecule has 1 aromatic heterocycles. The van der Waals surface area contributed by atoms with E-state index in [1.165, 1.54) is 10.9 Å². The number of rotatable bonds is 3. The van der Waals surface area contributed by atoms with Crippen LogP contribution in [0.2, 0.25) is 0 Å². The zero-order valence-corrected chi connectivity index (χ0v) is 9.52. The van der Waals surface area contributed by atoms with Crippen molar-refractivity contribution in [3.8, 4) is 0 Å². The average molecular weight is 238 g/mol. The second kappa shape index (κ2) is 4.57. The van der Waals surface area contributed by atoms with Crippen LogP contribution in [0.5, 0.6) is 0 Å². The summed E-state index contributed by atoms with van der Waals surface area (Å²) in [6, 6.07) is 8.10. The molecule has 0 atom stereocenters. The van der Waals surface area contributed by atoms with Gasteiger partial charge in [0.1, 0.15) is 0 Å².